The Hall–Kier alpha value is -9.38. The van der Waals surface area contributed by atoms with Crippen LogP contribution in [-0.2, 0) is 0 Å². The van der Waals surface area contributed by atoms with Crippen molar-refractivity contribution >= 4 is 97.7 Å². The zero-order valence-electron chi connectivity index (χ0n) is 37.7. The van der Waals surface area contributed by atoms with Crippen molar-refractivity contribution in [3.63, 3.8) is 0 Å². The van der Waals surface area contributed by atoms with E-state index in [1.807, 2.05) is 0 Å². The maximum atomic E-state index is 5.51. The van der Waals surface area contributed by atoms with Gasteiger partial charge in [0.05, 0.1) is 50.2 Å². The first-order chi connectivity index (χ1) is 34.7. The van der Waals surface area contributed by atoms with Gasteiger partial charge in [0.2, 0.25) is 0 Å². The van der Waals surface area contributed by atoms with E-state index in [4.69, 9.17) is 9.97 Å². The monoisotopic (exact) mass is 886 g/mol. The Morgan fingerprint density at radius 3 is 1.63 bits per heavy atom. The smallest absolute Gasteiger partial charge is 0.0979 e. The van der Waals surface area contributed by atoms with Crippen LogP contribution < -0.4 is 0 Å². The summed E-state index contributed by atoms with van der Waals surface area (Å²) in [4.78, 5) is 11.0. The Morgan fingerprint density at radius 2 is 0.829 bits per heavy atom. The highest BCUT2D eigenvalue weighted by Gasteiger charge is 2.26. The predicted octanol–water partition coefficient (Wildman–Crippen LogP) is 17.4. The molecule has 0 saturated heterocycles. The van der Waals surface area contributed by atoms with Gasteiger partial charge in [0, 0.05) is 43.7 Å². The number of hydrogen-bond donors (Lipinski definition) is 0. The lowest BCUT2D eigenvalue weighted by molar-refractivity contribution is 1.19. The fourth-order valence-electron chi connectivity index (χ4n) is 12.2. The lowest BCUT2D eigenvalue weighted by Crippen LogP contribution is -1.99. The summed E-state index contributed by atoms with van der Waals surface area (Å²) in [6.45, 7) is 0. The summed E-state index contributed by atoms with van der Waals surface area (Å²) in [6.07, 6.45) is 0. The van der Waals surface area contributed by atoms with Crippen LogP contribution in [-0.4, -0.2) is 19.1 Å². The van der Waals surface area contributed by atoms with Crippen molar-refractivity contribution in [3.05, 3.63) is 231 Å². The van der Waals surface area contributed by atoms with Crippen LogP contribution in [0.15, 0.2) is 231 Å². The van der Waals surface area contributed by atoms with E-state index in [1.165, 1.54) is 98.2 Å². The van der Waals surface area contributed by atoms with Gasteiger partial charge in [-0.1, -0.05) is 164 Å². The van der Waals surface area contributed by atoms with Crippen molar-refractivity contribution in [2.24, 2.45) is 0 Å². The molecule has 15 aromatic rings. The van der Waals surface area contributed by atoms with Crippen molar-refractivity contribution in [1.82, 2.24) is 19.1 Å². The van der Waals surface area contributed by atoms with Crippen molar-refractivity contribution in [2.45, 2.75) is 0 Å². The third-order valence-electron chi connectivity index (χ3n) is 15.2. The van der Waals surface area contributed by atoms with E-state index in [2.05, 4.69) is 240 Å². The summed E-state index contributed by atoms with van der Waals surface area (Å²) < 4.78 is 4.91. The third-order valence-corrected chi connectivity index (χ3v) is 15.2. The molecule has 70 heavy (non-hydrogen) atoms. The lowest BCUT2D eigenvalue weighted by atomic mass is 9.93. The van der Waals surface area contributed by atoms with Crippen LogP contribution in [0.2, 0.25) is 0 Å². The molecule has 12 aromatic carbocycles. The first-order valence-electron chi connectivity index (χ1n) is 24.1. The van der Waals surface area contributed by atoms with E-state index in [-0.39, 0.29) is 0 Å². The average Bonchev–Trinajstić information content (AvgIpc) is 4.06. The van der Waals surface area contributed by atoms with Crippen LogP contribution >= 0.6 is 0 Å². The fourth-order valence-corrected chi connectivity index (χ4v) is 12.2. The molecule has 16 rings (SSSR count). The maximum Gasteiger partial charge on any atom is 0.0979 e. The molecule has 0 unspecified atom stereocenters. The number of hydrogen-bond acceptors (Lipinski definition) is 2. The third kappa shape index (κ3) is 5.14. The molecule has 0 bridgehead atoms. The molecule has 4 nitrogen and oxygen atoms in total. The molecule has 322 valence electrons. The molecule has 0 atom stereocenters. The van der Waals surface area contributed by atoms with Gasteiger partial charge in [0.1, 0.15) is 0 Å². The number of para-hydroxylation sites is 4. The topological polar surface area (TPSA) is 35.6 Å². The lowest BCUT2D eigenvalue weighted by Gasteiger charge is -2.17. The molecule has 0 N–H and O–H groups in total. The summed E-state index contributed by atoms with van der Waals surface area (Å²) in [7, 11) is 0. The largest absolute Gasteiger partial charge is 0.309 e. The van der Waals surface area contributed by atoms with Crippen molar-refractivity contribution < 1.29 is 0 Å². The van der Waals surface area contributed by atoms with Crippen LogP contribution in [0.5, 0.6) is 0 Å². The van der Waals surface area contributed by atoms with Gasteiger partial charge in [0.15, 0.2) is 0 Å². The van der Waals surface area contributed by atoms with Gasteiger partial charge in [0.25, 0.3) is 0 Å². The highest BCUT2D eigenvalue weighted by molar-refractivity contribution is 6.22. The molecule has 1 aliphatic carbocycles. The summed E-state index contributed by atoms with van der Waals surface area (Å²) in [5, 5.41) is 14.7. The summed E-state index contributed by atoms with van der Waals surface area (Å²) in [5.41, 5.74) is 17.8. The van der Waals surface area contributed by atoms with Crippen LogP contribution in [0.1, 0.15) is 0 Å². The molecule has 3 heterocycles. The predicted molar refractivity (Wildman–Crippen MR) is 294 cm³/mol. The average molecular weight is 887 g/mol. The summed E-state index contributed by atoms with van der Waals surface area (Å²) in [6, 6.07) is 84.3. The number of fused-ring (bicyclic) bond motifs is 14. The molecule has 0 saturated carbocycles. The second-order valence-corrected chi connectivity index (χ2v) is 18.8. The number of aromatic nitrogens is 4. The molecule has 1 aliphatic rings. The summed E-state index contributed by atoms with van der Waals surface area (Å²) in [5.74, 6) is 0. The second kappa shape index (κ2) is 14.1. The zero-order chi connectivity index (χ0) is 45.6. The first kappa shape index (κ1) is 37.7. The summed E-state index contributed by atoms with van der Waals surface area (Å²) >= 11 is 0. The molecular formula is C66H38N4. The molecular weight excluding hydrogens is 849 g/mol. The molecule has 3 aromatic heterocycles. The van der Waals surface area contributed by atoms with Gasteiger partial charge >= 0.3 is 0 Å². The Labute approximate surface area is 401 Å². The van der Waals surface area contributed by atoms with Gasteiger partial charge in [-0.15, -0.1) is 0 Å². The van der Waals surface area contributed by atoms with Crippen molar-refractivity contribution in [2.75, 3.05) is 0 Å². The Kier molecular flexibility index (Phi) is 7.58. The van der Waals surface area contributed by atoms with Crippen molar-refractivity contribution in [3.8, 4) is 56.1 Å². The first-order valence-corrected chi connectivity index (χ1v) is 24.1. The molecule has 0 fully saturated rings. The molecule has 0 radical (unpaired) electrons. The quantitative estimate of drug-likeness (QED) is 0.176. The normalized spacial score (nSPS) is 12.3. The molecule has 4 heteroatoms. The van der Waals surface area contributed by atoms with E-state index >= 15 is 0 Å². The number of rotatable bonds is 4. The minimum atomic E-state index is 0.872. The van der Waals surface area contributed by atoms with Crippen molar-refractivity contribution in [1.29, 1.82) is 0 Å². The Balaban J connectivity index is 0.899. The maximum absolute atomic E-state index is 5.51. The van der Waals surface area contributed by atoms with Gasteiger partial charge < -0.3 is 9.13 Å². The molecule has 0 spiro atoms. The second-order valence-electron chi connectivity index (χ2n) is 18.8. The van der Waals surface area contributed by atoms with Gasteiger partial charge in [-0.3, -0.25) is 0 Å². The van der Waals surface area contributed by atoms with Crippen LogP contribution in [0, 0.1) is 0 Å². The van der Waals surface area contributed by atoms with E-state index < -0.39 is 0 Å². The Morgan fingerprint density at radius 1 is 0.257 bits per heavy atom. The molecule has 0 aliphatic heterocycles. The highest BCUT2D eigenvalue weighted by atomic mass is 15.0. The fraction of sp³-hybridized carbons (Fsp3) is 0. The van der Waals surface area contributed by atoms with Gasteiger partial charge in [-0.25, -0.2) is 9.97 Å². The van der Waals surface area contributed by atoms with Crippen LogP contribution in [0.3, 0.4) is 0 Å². The van der Waals surface area contributed by atoms with Crippen LogP contribution in [0.4, 0.5) is 0 Å². The van der Waals surface area contributed by atoms with Gasteiger partial charge in [-0.2, -0.15) is 0 Å². The SMILES string of the molecule is c1ccc2c(c1)-c1cccc3c(-c4nc5ccccc5nc4-c4ccc(-n5c6ccccc6c6cc7cc(-n8c9ccccc9c9c%10ccccc%10ccc98)ccc7cc65)c5ccccc45)ccc-2c13. The molecule has 0 amide bonds. The Bertz CT molecular complexity index is 4750. The van der Waals surface area contributed by atoms with E-state index in [1.54, 1.807) is 0 Å². The minimum absolute atomic E-state index is 0.872. The van der Waals surface area contributed by atoms with Gasteiger partial charge in [-0.05, 0) is 127 Å². The number of benzene rings is 12. The van der Waals surface area contributed by atoms with Crippen LogP contribution in [0.25, 0.3) is 154 Å². The zero-order valence-corrected chi connectivity index (χ0v) is 37.7. The van der Waals surface area contributed by atoms with E-state index in [9.17, 15) is 0 Å². The van der Waals surface area contributed by atoms with E-state index in [0.717, 1.165) is 55.7 Å². The standard InChI is InChI=1S/C66H38N4/c1-2-15-43-39(14-1)29-34-61-64(43)54-21-8-12-27-59(54)69(61)42-30-28-40-38-62-55(37-41(40)36-42)48-20-7-11-26-58(48)70(62)60-35-33-52(46-18-5-6-19-47(46)60)65-66(68-57-25-10-9-24-56(57)67-65)53-32-31-51-45-17-4-3-16-44(45)49-22-13-23-50(53)63(49)51/h1-38H. The highest BCUT2D eigenvalue weighted by Crippen LogP contribution is 2.50. The minimum Gasteiger partial charge on any atom is -0.309 e. The number of nitrogens with zero attached hydrogens (tertiary/aromatic N) is 4. The van der Waals surface area contributed by atoms with E-state index in [0.29, 0.717) is 0 Å².